The number of carbonyl (C=O) groups excluding carboxylic acids is 2. The fourth-order valence-electron chi connectivity index (χ4n) is 5.90. The maximum atomic E-state index is 13.7. The number of terminal acetylenes is 1. The molecule has 3 N–H and O–H groups in total. The quantitative estimate of drug-likeness (QED) is 0.319. The minimum absolute atomic E-state index is 0.00282. The zero-order valence-corrected chi connectivity index (χ0v) is 24.4. The van der Waals surface area contributed by atoms with E-state index in [4.69, 9.17) is 16.6 Å². The molecule has 2 amide bonds. The molecule has 4 rings (SSSR count). The van der Waals surface area contributed by atoms with Gasteiger partial charge in [-0.3, -0.25) is 19.9 Å². The molecule has 2 aromatic rings. The lowest BCUT2D eigenvalue weighted by molar-refractivity contribution is -0.138. The average molecular weight is 581 g/mol. The standard InChI is InChI=1S/C32H38F2N4O4/c1-6-23-27(22-14-9-10-15-25(22)42-31(23,4)5)36-28(40)21-13-11-12-20(18-21)24(16-17-41-29(33)34)38-26(39)19-32(7-2,8-3)37-30(38)35/h1,9-15,18,23-24,27,29H,7-8,16-17,19H2,2-5H3,(H2,35,37)(H,36,40)/t23-,24?,27+/m0/s1. The van der Waals surface area contributed by atoms with E-state index in [1.807, 2.05) is 52.0 Å². The van der Waals surface area contributed by atoms with Crippen LogP contribution in [0.1, 0.15) is 86.9 Å². The minimum Gasteiger partial charge on any atom is -0.486 e. The molecule has 0 saturated carbocycles. The number of hydrogen-bond donors (Lipinski definition) is 3. The maximum absolute atomic E-state index is 13.7. The summed E-state index contributed by atoms with van der Waals surface area (Å²) >= 11 is 0. The van der Waals surface area contributed by atoms with Gasteiger partial charge in [0.2, 0.25) is 5.91 Å². The molecule has 42 heavy (non-hydrogen) atoms. The number of para-hydroxylation sites is 1. The number of nitrogens with zero attached hydrogens (tertiary/aromatic N) is 1. The van der Waals surface area contributed by atoms with E-state index < -0.39 is 41.7 Å². The Hall–Kier alpha value is -3.97. The van der Waals surface area contributed by atoms with Gasteiger partial charge in [0.1, 0.15) is 11.4 Å². The first-order valence-corrected chi connectivity index (χ1v) is 14.2. The smallest absolute Gasteiger partial charge is 0.345 e. The number of guanidine groups is 1. The second kappa shape index (κ2) is 12.5. The van der Waals surface area contributed by atoms with Gasteiger partial charge in [-0.25, -0.2) is 0 Å². The van der Waals surface area contributed by atoms with Crippen LogP contribution < -0.4 is 15.4 Å². The number of ether oxygens (including phenoxy) is 2. The van der Waals surface area contributed by atoms with E-state index in [2.05, 4.69) is 21.3 Å². The number of fused-ring (bicyclic) bond motifs is 1. The second-order valence-corrected chi connectivity index (χ2v) is 11.3. The summed E-state index contributed by atoms with van der Waals surface area (Å²) in [6, 6.07) is 12.7. The highest BCUT2D eigenvalue weighted by atomic mass is 19.3. The Morgan fingerprint density at radius 2 is 1.95 bits per heavy atom. The normalized spacial score (nSPS) is 21.5. The molecule has 8 nitrogen and oxygen atoms in total. The van der Waals surface area contributed by atoms with Crippen LogP contribution in [0.4, 0.5) is 8.78 Å². The van der Waals surface area contributed by atoms with Crippen LogP contribution in [0.25, 0.3) is 0 Å². The molecule has 0 aromatic heterocycles. The molecule has 2 aliphatic rings. The largest absolute Gasteiger partial charge is 0.486 e. The van der Waals surface area contributed by atoms with Crippen LogP contribution in [0, 0.1) is 23.7 Å². The van der Waals surface area contributed by atoms with E-state index in [-0.39, 0.29) is 31.3 Å². The van der Waals surface area contributed by atoms with Crippen molar-refractivity contribution in [2.24, 2.45) is 5.92 Å². The molecular formula is C32H38F2N4O4. The summed E-state index contributed by atoms with van der Waals surface area (Å²) in [6.45, 7) is 4.34. The first-order chi connectivity index (χ1) is 19.9. The van der Waals surface area contributed by atoms with Crippen molar-refractivity contribution in [3.05, 3.63) is 65.2 Å². The van der Waals surface area contributed by atoms with Crippen molar-refractivity contribution in [1.82, 2.24) is 15.5 Å². The summed E-state index contributed by atoms with van der Waals surface area (Å²) in [7, 11) is 0. The van der Waals surface area contributed by atoms with Gasteiger partial charge >= 0.3 is 6.61 Å². The summed E-state index contributed by atoms with van der Waals surface area (Å²) in [4.78, 5) is 28.4. The van der Waals surface area contributed by atoms with Crippen molar-refractivity contribution in [2.45, 2.75) is 83.2 Å². The minimum atomic E-state index is -2.97. The third-order valence-corrected chi connectivity index (χ3v) is 8.39. The summed E-state index contributed by atoms with van der Waals surface area (Å²) in [5, 5.41) is 14.9. The number of halogens is 2. The third-order valence-electron chi connectivity index (χ3n) is 8.39. The van der Waals surface area contributed by atoms with Gasteiger partial charge in [-0.05, 0) is 56.9 Å². The van der Waals surface area contributed by atoms with Gasteiger partial charge in [-0.1, -0.05) is 50.1 Å². The lowest BCUT2D eigenvalue weighted by atomic mass is 9.79. The number of alkyl halides is 2. The highest BCUT2D eigenvalue weighted by Crippen LogP contribution is 2.43. The fourth-order valence-corrected chi connectivity index (χ4v) is 5.90. The number of nitrogens with one attached hydrogen (secondary N) is 3. The summed E-state index contributed by atoms with van der Waals surface area (Å²) < 4.78 is 36.4. The first-order valence-electron chi connectivity index (χ1n) is 14.2. The van der Waals surface area contributed by atoms with Gasteiger partial charge in [-0.2, -0.15) is 8.78 Å². The van der Waals surface area contributed by atoms with Crippen LogP contribution in [0.15, 0.2) is 48.5 Å². The van der Waals surface area contributed by atoms with Crippen molar-refractivity contribution in [1.29, 1.82) is 5.41 Å². The highest BCUT2D eigenvalue weighted by molar-refractivity contribution is 6.00. The summed E-state index contributed by atoms with van der Waals surface area (Å²) in [5.41, 5.74) is 0.289. The van der Waals surface area contributed by atoms with Crippen molar-refractivity contribution >= 4 is 17.8 Å². The zero-order chi connectivity index (χ0) is 30.7. The van der Waals surface area contributed by atoms with Crippen LogP contribution in [-0.2, 0) is 9.53 Å². The van der Waals surface area contributed by atoms with Gasteiger partial charge in [0.15, 0.2) is 5.96 Å². The molecule has 2 aliphatic heterocycles. The number of carbonyl (C=O) groups is 2. The van der Waals surface area contributed by atoms with Crippen LogP contribution in [0.5, 0.6) is 5.75 Å². The molecule has 224 valence electrons. The van der Waals surface area contributed by atoms with Gasteiger partial charge in [0.05, 0.1) is 31.0 Å². The first kappa shape index (κ1) is 31.0. The molecule has 1 fully saturated rings. The Labute approximate surface area is 245 Å². The van der Waals surface area contributed by atoms with E-state index in [1.54, 1.807) is 24.3 Å². The molecule has 0 bridgehead atoms. The Morgan fingerprint density at radius 3 is 2.60 bits per heavy atom. The van der Waals surface area contributed by atoms with E-state index in [1.165, 1.54) is 4.90 Å². The molecule has 1 saturated heterocycles. The predicted molar refractivity (Wildman–Crippen MR) is 155 cm³/mol. The van der Waals surface area contributed by atoms with Gasteiger partial charge in [-0.15, -0.1) is 6.42 Å². The molecule has 3 atom stereocenters. The predicted octanol–water partition coefficient (Wildman–Crippen LogP) is 5.56. The van der Waals surface area contributed by atoms with Crippen LogP contribution in [-0.4, -0.2) is 47.0 Å². The Morgan fingerprint density at radius 1 is 1.24 bits per heavy atom. The molecular weight excluding hydrogens is 542 g/mol. The van der Waals surface area contributed by atoms with Crippen molar-refractivity contribution < 1.29 is 27.8 Å². The number of hydrogen-bond acceptors (Lipinski definition) is 5. The van der Waals surface area contributed by atoms with Gasteiger partial charge < -0.3 is 20.1 Å². The monoisotopic (exact) mass is 580 g/mol. The summed E-state index contributed by atoms with van der Waals surface area (Å²) in [5.74, 6) is 2.16. The molecule has 0 radical (unpaired) electrons. The van der Waals surface area contributed by atoms with E-state index >= 15 is 0 Å². The number of rotatable bonds is 10. The van der Waals surface area contributed by atoms with E-state index in [0.717, 1.165) is 5.56 Å². The van der Waals surface area contributed by atoms with Crippen molar-refractivity contribution in [3.63, 3.8) is 0 Å². The van der Waals surface area contributed by atoms with E-state index in [0.29, 0.717) is 29.7 Å². The molecule has 0 spiro atoms. The summed E-state index contributed by atoms with van der Waals surface area (Å²) in [6.07, 6.45) is 7.35. The fraction of sp³-hybridized carbons (Fsp3) is 0.469. The Balaban J connectivity index is 1.65. The van der Waals surface area contributed by atoms with Crippen LogP contribution in [0.2, 0.25) is 0 Å². The molecule has 10 heteroatoms. The molecule has 1 unspecified atom stereocenters. The number of amides is 2. The third kappa shape index (κ3) is 6.26. The van der Waals surface area contributed by atoms with Crippen LogP contribution in [0.3, 0.4) is 0 Å². The van der Waals surface area contributed by atoms with Gasteiger partial charge in [0.25, 0.3) is 5.91 Å². The molecule has 2 heterocycles. The van der Waals surface area contributed by atoms with E-state index in [9.17, 15) is 18.4 Å². The van der Waals surface area contributed by atoms with Crippen LogP contribution >= 0.6 is 0 Å². The average Bonchev–Trinajstić information content (AvgIpc) is 2.95. The highest BCUT2D eigenvalue weighted by Gasteiger charge is 2.44. The Bertz CT molecular complexity index is 1350. The number of benzene rings is 2. The maximum Gasteiger partial charge on any atom is 0.345 e. The lowest BCUT2D eigenvalue weighted by Crippen LogP contribution is -2.62. The topological polar surface area (TPSA) is 104 Å². The Kier molecular flexibility index (Phi) is 9.21. The lowest BCUT2D eigenvalue weighted by Gasteiger charge is -2.45. The van der Waals surface area contributed by atoms with Gasteiger partial charge in [0, 0.05) is 16.7 Å². The zero-order valence-electron chi connectivity index (χ0n) is 24.4. The molecule has 0 aliphatic carbocycles. The van der Waals surface area contributed by atoms with Crippen molar-refractivity contribution in [2.75, 3.05) is 6.61 Å². The SMILES string of the molecule is C#C[C@H]1[C@H](NC(=O)c2cccc(C(CCOC(F)F)N3C(=N)NC(CC)(CC)CC3=O)c2)c2ccccc2OC1(C)C. The van der Waals surface area contributed by atoms with Crippen molar-refractivity contribution in [3.8, 4) is 18.1 Å². The molecule has 2 aromatic carbocycles. The second-order valence-electron chi connectivity index (χ2n) is 11.3.